The van der Waals surface area contributed by atoms with Gasteiger partial charge in [-0.2, -0.15) is 0 Å². The summed E-state index contributed by atoms with van der Waals surface area (Å²) < 4.78 is 49.9. The van der Waals surface area contributed by atoms with E-state index in [9.17, 15) is 16.8 Å². The Morgan fingerprint density at radius 2 is 1.21 bits per heavy atom. The molecule has 8 heteroatoms. The van der Waals surface area contributed by atoms with Crippen molar-refractivity contribution in [2.75, 3.05) is 18.2 Å². The molecule has 0 aromatic heterocycles. The smallest absolute Gasteiger partial charge is 0.236 e. The van der Waals surface area contributed by atoms with E-state index < -0.39 is 20.0 Å². The zero-order chi connectivity index (χ0) is 14.5. The van der Waals surface area contributed by atoms with E-state index in [1.54, 1.807) is 0 Å². The largest absolute Gasteiger partial charge is 0.256 e. The molecule has 0 radical (unpaired) electrons. The molecule has 6 nitrogen and oxygen atoms in total. The van der Waals surface area contributed by atoms with Gasteiger partial charge in [-0.1, -0.05) is 26.7 Å². The summed E-state index contributed by atoms with van der Waals surface area (Å²) in [6.45, 7) is 3.70. The predicted molar refractivity (Wildman–Crippen MR) is 75.1 cm³/mol. The molecule has 0 aromatic carbocycles. The lowest BCUT2D eigenvalue weighted by molar-refractivity contribution is 0.429. The van der Waals surface area contributed by atoms with Crippen molar-refractivity contribution >= 4 is 20.0 Å². The van der Waals surface area contributed by atoms with Gasteiger partial charge in [-0.05, 0) is 12.8 Å². The van der Waals surface area contributed by atoms with Crippen molar-refractivity contribution in [3.63, 3.8) is 0 Å². The van der Waals surface area contributed by atoms with E-state index >= 15 is 0 Å². The van der Waals surface area contributed by atoms with Gasteiger partial charge in [0.15, 0.2) is 0 Å². The van der Waals surface area contributed by atoms with Gasteiger partial charge in [-0.15, -0.1) is 0 Å². The Bertz CT molecular complexity index is 465. The molecular formula is C11H22N2O4S2. The highest BCUT2D eigenvalue weighted by Crippen LogP contribution is 2.17. The van der Waals surface area contributed by atoms with Gasteiger partial charge in [0, 0.05) is 12.4 Å². The Balaban J connectivity index is 2.67. The molecule has 0 bridgehead atoms. The van der Waals surface area contributed by atoms with Crippen molar-refractivity contribution < 1.29 is 16.8 Å². The first kappa shape index (κ1) is 16.3. The Labute approximate surface area is 116 Å². The van der Waals surface area contributed by atoms with Gasteiger partial charge in [0.2, 0.25) is 20.0 Å². The fraction of sp³-hybridized carbons (Fsp3) is 0.818. The number of sulfonamides is 2. The van der Waals surface area contributed by atoms with Crippen molar-refractivity contribution in [1.29, 1.82) is 0 Å². The summed E-state index contributed by atoms with van der Waals surface area (Å²) in [6.07, 6.45) is 5.39. The summed E-state index contributed by atoms with van der Waals surface area (Å²) in [5.74, 6) is 0.105. The standard InChI is InChI=1S/C11H22N2O4S2/c1-3-5-9-18(14,15)12-7-8-13(11-12)19(16,17)10-6-4-2/h7-8H,3-6,9-11H2,1-2H3. The molecule has 1 aliphatic rings. The maximum Gasteiger partial charge on any atom is 0.236 e. The highest BCUT2D eigenvalue weighted by molar-refractivity contribution is 7.90. The zero-order valence-electron chi connectivity index (χ0n) is 11.4. The van der Waals surface area contributed by atoms with Crippen LogP contribution in [0.3, 0.4) is 0 Å². The zero-order valence-corrected chi connectivity index (χ0v) is 13.1. The predicted octanol–water partition coefficient (Wildman–Crippen LogP) is 1.29. The van der Waals surface area contributed by atoms with Crippen LogP contribution in [0.2, 0.25) is 0 Å². The summed E-state index contributed by atoms with van der Waals surface area (Å²) in [5.41, 5.74) is 0. The van der Waals surface area contributed by atoms with Crippen LogP contribution < -0.4 is 0 Å². The molecule has 0 N–H and O–H groups in total. The first-order chi connectivity index (χ1) is 8.83. The van der Waals surface area contributed by atoms with E-state index in [2.05, 4.69) is 0 Å². The summed E-state index contributed by atoms with van der Waals surface area (Å²) >= 11 is 0. The molecule has 0 saturated carbocycles. The Morgan fingerprint density at radius 1 is 0.842 bits per heavy atom. The second-order valence-corrected chi connectivity index (χ2v) is 8.64. The quantitative estimate of drug-likeness (QED) is 0.677. The lowest BCUT2D eigenvalue weighted by Gasteiger charge is -2.20. The molecule has 0 spiro atoms. The second-order valence-electron chi connectivity index (χ2n) is 4.55. The van der Waals surface area contributed by atoms with Crippen LogP contribution in [-0.4, -0.2) is 43.6 Å². The minimum Gasteiger partial charge on any atom is -0.256 e. The Morgan fingerprint density at radius 3 is 1.53 bits per heavy atom. The topological polar surface area (TPSA) is 74.8 Å². The minimum atomic E-state index is -3.40. The molecule has 0 amide bonds. The molecule has 0 saturated heterocycles. The molecule has 0 unspecified atom stereocenters. The fourth-order valence-corrected chi connectivity index (χ4v) is 4.56. The molecule has 0 fully saturated rings. The van der Waals surface area contributed by atoms with Gasteiger partial charge in [0.1, 0.15) is 6.67 Å². The van der Waals surface area contributed by atoms with Gasteiger partial charge < -0.3 is 0 Å². The number of hydrogen-bond donors (Lipinski definition) is 0. The van der Waals surface area contributed by atoms with Gasteiger partial charge in [0.25, 0.3) is 0 Å². The average Bonchev–Trinajstić information content (AvgIpc) is 2.85. The van der Waals surface area contributed by atoms with E-state index in [1.807, 2.05) is 13.8 Å². The molecule has 0 aliphatic carbocycles. The van der Waals surface area contributed by atoms with Crippen LogP contribution in [0.1, 0.15) is 39.5 Å². The van der Waals surface area contributed by atoms with Crippen LogP contribution in [0.15, 0.2) is 12.4 Å². The maximum atomic E-state index is 11.9. The minimum absolute atomic E-state index is 0.0523. The van der Waals surface area contributed by atoms with Crippen molar-refractivity contribution in [1.82, 2.24) is 8.61 Å². The van der Waals surface area contributed by atoms with Crippen molar-refractivity contribution in [3.8, 4) is 0 Å². The van der Waals surface area contributed by atoms with E-state index in [0.717, 1.165) is 21.5 Å². The average molecular weight is 310 g/mol. The van der Waals surface area contributed by atoms with Crippen LogP contribution in [-0.2, 0) is 20.0 Å². The third-order valence-corrected chi connectivity index (χ3v) is 6.42. The van der Waals surface area contributed by atoms with E-state index in [-0.39, 0.29) is 18.2 Å². The van der Waals surface area contributed by atoms with Crippen molar-refractivity contribution in [2.24, 2.45) is 0 Å². The molecule has 1 rings (SSSR count). The summed E-state index contributed by atoms with van der Waals surface area (Å²) in [5, 5.41) is 0. The van der Waals surface area contributed by atoms with E-state index in [4.69, 9.17) is 0 Å². The van der Waals surface area contributed by atoms with Gasteiger partial charge in [0.05, 0.1) is 11.5 Å². The summed E-state index contributed by atoms with van der Waals surface area (Å²) in [6, 6.07) is 0. The first-order valence-corrected chi connectivity index (χ1v) is 9.72. The van der Waals surface area contributed by atoms with Crippen LogP contribution in [0.25, 0.3) is 0 Å². The normalized spacial score (nSPS) is 16.3. The lowest BCUT2D eigenvalue weighted by Crippen LogP contribution is -2.35. The number of rotatable bonds is 8. The molecule has 0 atom stereocenters. The molecular weight excluding hydrogens is 288 g/mol. The Kier molecular flexibility index (Phi) is 5.66. The maximum absolute atomic E-state index is 11.9. The lowest BCUT2D eigenvalue weighted by atomic mass is 10.4. The van der Waals surface area contributed by atoms with Crippen LogP contribution in [0, 0.1) is 0 Å². The highest BCUT2D eigenvalue weighted by atomic mass is 32.2. The monoisotopic (exact) mass is 310 g/mol. The Hall–Kier alpha value is -0.760. The van der Waals surface area contributed by atoms with E-state index in [0.29, 0.717) is 12.8 Å². The fourth-order valence-electron chi connectivity index (χ4n) is 1.63. The third-order valence-electron chi connectivity index (χ3n) is 2.90. The van der Waals surface area contributed by atoms with Crippen molar-refractivity contribution in [2.45, 2.75) is 39.5 Å². The summed E-state index contributed by atoms with van der Waals surface area (Å²) in [4.78, 5) is 0. The van der Waals surface area contributed by atoms with Gasteiger partial charge >= 0.3 is 0 Å². The number of hydrogen-bond acceptors (Lipinski definition) is 4. The summed E-state index contributed by atoms with van der Waals surface area (Å²) in [7, 11) is -6.79. The number of unbranched alkanes of at least 4 members (excludes halogenated alkanes) is 2. The van der Waals surface area contributed by atoms with Gasteiger partial charge in [-0.25, -0.2) is 16.8 Å². The van der Waals surface area contributed by atoms with Crippen LogP contribution >= 0.6 is 0 Å². The molecule has 1 aliphatic heterocycles. The molecule has 19 heavy (non-hydrogen) atoms. The molecule has 0 aromatic rings. The SMILES string of the molecule is CCCCS(=O)(=O)N1C=CN(S(=O)(=O)CCCC)C1. The van der Waals surface area contributed by atoms with Crippen LogP contribution in [0.5, 0.6) is 0 Å². The second kappa shape index (κ2) is 6.60. The third kappa shape index (κ3) is 4.38. The van der Waals surface area contributed by atoms with Crippen LogP contribution in [0.4, 0.5) is 0 Å². The van der Waals surface area contributed by atoms with Gasteiger partial charge in [-0.3, -0.25) is 8.61 Å². The highest BCUT2D eigenvalue weighted by Gasteiger charge is 2.29. The molecule has 1 heterocycles. The van der Waals surface area contributed by atoms with Crippen molar-refractivity contribution in [3.05, 3.63) is 12.4 Å². The van der Waals surface area contributed by atoms with E-state index in [1.165, 1.54) is 12.4 Å². The first-order valence-electron chi connectivity index (χ1n) is 6.51. The molecule has 112 valence electrons. The number of nitrogens with zero attached hydrogens (tertiary/aromatic N) is 2.